The molecular weight excluding hydrogens is 262 g/mol. The maximum atomic E-state index is 12.5. The van der Waals surface area contributed by atoms with Gasteiger partial charge in [0.05, 0.1) is 0 Å². The van der Waals surface area contributed by atoms with Gasteiger partial charge in [-0.1, -0.05) is 6.92 Å². The van der Waals surface area contributed by atoms with E-state index in [1.165, 1.54) is 18.5 Å². The topological polar surface area (TPSA) is 44.4 Å². The van der Waals surface area contributed by atoms with Gasteiger partial charge >= 0.3 is 0 Å². The number of hydrogen-bond donors (Lipinski definition) is 2. The fourth-order valence-electron chi connectivity index (χ4n) is 3.22. The van der Waals surface area contributed by atoms with Gasteiger partial charge in [0.1, 0.15) is 0 Å². The van der Waals surface area contributed by atoms with Gasteiger partial charge in [0.2, 0.25) is 5.91 Å². The quantitative estimate of drug-likeness (QED) is 0.898. The lowest BCUT2D eigenvalue weighted by atomic mass is 9.80. The van der Waals surface area contributed by atoms with Crippen LogP contribution in [0.4, 0.5) is 11.4 Å². The lowest BCUT2D eigenvalue weighted by Crippen LogP contribution is -2.42. The molecule has 0 radical (unpaired) electrons. The molecule has 1 amide bonds. The van der Waals surface area contributed by atoms with Crippen LogP contribution >= 0.6 is 0 Å². The monoisotopic (exact) mass is 287 g/mol. The van der Waals surface area contributed by atoms with Gasteiger partial charge in [0.15, 0.2) is 0 Å². The fourth-order valence-corrected chi connectivity index (χ4v) is 3.22. The number of nitrogens with zero attached hydrogens (tertiary/aromatic N) is 1. The summed E-state index contributed by atoms with van der Waals surface area (Å²) in [6, 6.07) is 8.28. The number of nitrogens with one attached hydrogen (secondary N) is 2. The number of carbonyl (C=O) groups is 1. The maximum absolute atomic E-state index is 12.5. The Balaban J connectivity index is 1.63. The van der Waals surface area contributed by atoms with E-state index in [4.69, 9.17) is 0 Å². The minimum absolute atomic E-state index is 0.151. The zero-order valence-electron chi connectivity index (χ0n) is 12.8. The average molecular weight is 287 g/mol. The van der Waals surface area contributed by atoms with Crippen LogP contribution < -0.4 is 15.5 Å². The lowest BCUT2D eigenvalue weighted by molar-refractivity contribution is -0.126. The summed E-state index contributed by atoms with van der Waals surface area (Å²) in [5.74, 6) is 0.151. The minimum atomic E-state index is -0.237. The molecule has 0 unspecified atom stereocenters. The molecule has 1 aromatic carbocycles. The molecule has 2 aliphatic heterocycles. The molecule has 3 rings (SSSR count). The second-order valence-electron chi connectivity index (χ2n) is 6.51. The van der Waals surface area contributed by atoms with Gasteiger partial charge in [0, 0.05) is 29.9 Å². The summed E-state index contributed by atoms with van der Waals surface area (Å²) in [6.07, 6.45) is 4.38. The lowest BCUT2D eigenvalue weighted by Gasteiger charge is -2.32. The molecule has 2 fully saturated rings. The Labute approximate surface area is 126 Å². The second kappa shape index (κ2) is 6.06. The summed E-state index contributed by atoms with van der Waals surface area (Å²) in [5.41, 5.74) is 1.93. The number of rotatable bonds is 3. The molecule has 114 valence electrons. The van der Waals surface area contributed by atoms with E-state index in [1.54, 1.807) is 0 Å². The Morgan fingerprint density at radius 3 is 2.38 bits per heavy atom. The molecule has 2 saturated heterocycles. The van der Waals surface area contributed by atoms with Crippen molar-refractivity contribution in [3.63, 3.8) is 0 Å². The molecule has 2 aliphatic rings. The van der Waals surface area contributed by atoms with Crippen LogP contribution in [0.25, 0.3) is 0 Å². The highest BCUT2D eigenvalue weighted by atomic mass is 16.2. The van der Waals surface area contributed by atoms with E-state index >= 15 is 0 Å². The van der Waals surface area contributed by atoms with E-state index in [-0.39, 0.29) is 11.3 Å². The highest BCUT2D eigenvalue weighted by Gasteiger charge is 2.34. The summed E-state index contributed by atoms with van der Waals surface area (Å²) in [4.78, 5) is 14.9. The van der Waals surface area contributed by atoms with Gasteiger partial charge in [0.25, 0.3) is 0 Å². The summed E-state index contributed by atoms with van der Waals surface area (Å²) >= 11 is 0. The first-order chi connectivity index (χ1) is 10.2. The average Bonchev–Trinajstić information content (AvgIpc) is 3.03. The number of hydrogen-bond acceptors (Lipinski definition) is 3. The Morgan fingerprint density at radius 2 is 1.76 bits per heavy atom. The minimum Gasteiger partial charge on any atom is -0.372 e. The molecule has 0 spiro atoms. The molecule has 2 N–H and O–H groups in total. The summed E-state index contributed by atoms with van der Waals surface area (Å²) in [6.45, 7) is 6.23. The predicted octanol–water partition coefficient (Wildman–Crippen LogP) is 2.62. The third-order valence-corrected chi connectivity index (χ3v) is 4.85. The van der Waals surface area contributed by atoms with E-state index in [2.05, 4.69) is 34.6 Å². The van der Waals surface area contributed by atoms with Crippen LogP contribution in [-0.4, -0.2) is 32.1 Å². The molecule has 4 nitrogen and oxygen atoms in total. The Hall–Kier alpha value is -1.55. The smallest absolute Gasteiger partial charge is 0.230 e. The highest BCUT2D eigenvalue weighted by molar-refractivity contribution is 5.95. The maximum Gasteiger partial charge on any atom is 0.230 e. The fraction of sp³-hybridized carbons (Fsp3) is 0.588. The van der Waals surface area contributed by atoms with Crippen molar-refractivity contribution < 1.29 is 4.79 Å². The van der Waals surface area contributed by atoms with Crippen LogP contribution in [-0.2, 0) is 4.79 Å². The molecule has 0 aromatic heterocycles. The summed E-state index contributed by atoms with van der Waals surface area (Å²) in [7, 11) is 0. The standard InChI is InChI=1S/C17H25N3O/c1-17(8-10-18-11-9-17)16(21)19-14-4-6-15(7-5-14)20-12-2-3-13-20/h4-7,18H,2-3,8-13H2,1H3,(H,19,21). The van der Waals surface area contributed by atoms with Gasteiger partial charge < -0.3 is 15.5 Å². The highest BCUT2D eigenvalue weighted by Crippen LogP contribution is 2.30. The van der Waals surface area contributed by atoms with Crippen LogP contribution in [0.3, 0.4) is 0 Å². The molecule has 0 aliphatic carbocycles. The summed E-state index contributed by atoms with van der Waals surface area (Å²) < 4.78 is 0. The van der Waals surface area contributed by atoms with Crippen molar-refractivity contribution in [2.24, 2.45) is 5.41 Å². The summed E-state index contributed by atoms with van der Waals surface area (Å²) in [5, 5.41) is 6.40. The molecule has 2 heterocycles. The van der Waals surface area contributed by atoms with Crippen LogP contribution in [0.5, 0.6) is 0 Å². The number of benzene rings is 1. The van der Waals surface area contributed by atoms with Gasteiger partial charge in [-0.25, -0.2) is 0 Å². The molecule has 1 aromatic rings. The van der Waals surface area contributed by atoms with E-state index < -0.39 is 0 Å². The number of carbonyl (C=O) groups excluding carboxylic acids is 1. The van der Waals surface area contributed by atoms with Gasteiger partial charge in [-0.2, -0.15) is 0 Å². The second-order valence-corrected chi connectivity index (χ2v) is 6.51. The number of anilines is 2. The number of piperidine rings is 1. The van der Waals surface area contributed by atoms with Crippen molar-refractivity contribution >= 4 is 17.3 Å². The largest absolute Gasteiger partial charge is 0.372 e. The van der Waals surface area contributed by atoms with E-state index in [0.29, 0.717) is 0 Å². The van der Waals surface area contributed by atoms with Crippen molar-refractivity contribution in [2.75, 3.05) is 36.4 Å². The van der Waals surface area contributed by atoms with Gasteiger partial charge in [-0.15, -0.1) is 0 Å². The van der Waals surface area contributed by atoms with Crippen molar-refractivity contribution in [3.8, 4) is 0 Å². The van der Waals surface area contributed by atoms with E-state index in [0.717, 1.165) is 44.7 Å². The van der Waals surface area contributed by atoms with Crippen LogP contribution in [0, 0.1) is 5.41 Å². The zero-order valence-corrected chi connectivity index (χ0v) is 12.8. The van der Waals surface area contributed by atoms with Crippen LogP contribution in [0.15, 0.2) is 24.3 Å². The number of amides is 1. The van der Waals surface area contributed by atoms with Crippen molar-refractivity contribution in [3.05, 3.63) is 24.3 Å². The van der Waals surface area contributed by atoms with Gasteiger partial charge in [-0.05, 0) is 63.0 Å². The van der Waals surface area contributed by atoms with Crippen molar-refractivity contribution in [2.45, 2.75) is 32.6 Å². The van der Waals surface area contributed by atoms with E-state index in [1.807, 2.05) is 12.1 Å². The zero-order chi connectivity index (χ0) is 14.7. The molecule has 0 bridgehead atoms. The molecule has 0 saturated carbocycles. The van der Waals surface area contributed by atoms with E-state index in [9.17, 15) is 4.79 Å². The predicted molar refractivity (Wildman–Crippen MR) is 86.7 cm³/mol. The van der Waals surface area contributed by atoms with Gasteiger partial charge in [-0.3, -0.25) is 4.79 Å². The third-order valence-electron chi connectivity index (χ3n) is 4.85. The molecule has 21 heavy (non-hydrogen) atoms. The van der Waals surface area contributed by atoms with Crippen molar-refractivity contribution in [1.29, 1.82) is 0 Å². The first-order valence-corrected chi connectivity index (χ1v) is 8.05. The van der Waals surface area contributed by atoms with Crippen molar-refractivity contribution in [1.82, 2.24) is 5.32 Å². The Bertz CT molecular complexity index is 485. The Morgan fingerprint density at radius 1 is 1.14 bits per heavy atom. The first-order valence-electron chi connectivity index (χ1n) is 8.05. The first kappa shape index (κ1) is 14.4. The van der Waals surface area contributed by atoms with Crippen LogP contribution in [0.1, 0.15) is 32.6 Å². The molecule has 0 atom stereocenters. The normalized spacial score (nSPS) is 21.3. The Kier molecular flexibility index (Phi) is 4.15. The third kappa shape index (κ3) is 3.21. The molecule has 4 heteroatoms. The molecular formula is C17H25N3O. The SMILES string of the molecule is CC1(C(=O)Nc2ccc(N3CCCC3)cc2)CCNCC1. The van der Waals surface area contributed by atoms with Crippen LogP contribution in [0.2, 0.25) is 0 Å².